The minimum Gasteiger partial charge on any atom is -0.502 e. The van der Waals surface area contributed by atoms with E-state index < -0.39 is 4.92 Å². The molecule has 0 spiro atoms. The van der Waals surface area contributed by atoms with Gasteiger partial charge in [-0.3, -0.25) is 15.0 Å². The van der Waals surface area contributed by atoms with Gasteiger partial charge in [0.15, 0.2) is 5.75 Å². The first kappa shape index (κ1) is 21.7. The van der Waals surface area contributed by atoms with Crippen molar-refractivity contribution in [3.05, 3.63) is 46.0 Å². The van der Waals surface area contributed by atoms with Crippen LogP contribution in [0.5, 0.6) is 5.75 Å². The standard InChI is InChI=1S/C15H21N3O3.2ClH/c1-11(2)9-13(17-7-5-16-6-8-17)12-3-4-15(19)14(10-12)18(20)21;;/h3-4,10,13,16,19H,1,5-9H2,2H3;2*1H/t13-;;/m1../s1. The number of nitro groups is 1. The van der Waals surface area contributed by atoms with Crippen LogP contribution in [-0.2, 0) is 0 Å². The van der Waals surface area contributed by atoms with Gasteiger partial charge in [0.05, 0.1) is 4.92 Å². The van der Waals surface area contributed by atoms with Crippen molar-refractivity contribution < 1.29 is 10.0 Å². The molecule has 1 heterocycles. The topological polar surface area (TPSA) is 78.6 Å². The molecular weight excluding hydrogens is 341 g/mol. The summed E-state index contributed by atoms with van der Waals surface area (Å²) in [7, 11) is 0. The molecule has 2 rings (SSSR count). The zero-order valence-electron chi connectivity index (χ0n) is 13.0. The highest BCUT2D eigenvalue weighted by atomic mass is 35.5. The fourth-order valence-electron chi connectivity index (χ4n) is 2.68. The summed E-state index contributed by atoms with van der Waals surface area (Å²) in [6.07, 6.45) is 0.752. The normalized spacial score (nSPS) is 15.9. The van der Waals surface area contributed by atoms with Crippen LogP contribution in [0.4, 0.5) is 5.69 Å². The third-order valence-electron chi connectivity index (χ3n) is 3.72. The van der Waals surface area contributed by atoms with E-state index in [4.69, 9.17) is 0 Å². The molecule has 1 aliphatic rings. The van der Waals surface area contributed by atoms with Gasteiger partial charge in [-0.2, -0.15) is 0 Å². The molecule has 8 heteroatoms. The van der Waals surface area contributed by atoms with E-state index in [-0.39, 0.29) is 42.3 Å². The van der Waals surface area contributed by atoms with Gasteiger partial charge in [-0.1, -0.05) is 11.6 Å². The van der Waals surface area contributed by atoms with Crippen molar-refractivity contribution in [2.24, 2.45) is 0 Å². The van der Waals surface area contributed by atoms with Crippen molar-refractivity contribution in [3.63, 3.8) is 0 Å². The number of hydrogen-bond donors (Lipinski definition) is 2. The Morgan fingerprint density at radius 1 is 1.43 bits per heavy atom. The molecule has 0 unspecified atom stereocenters. The molecule has 2 N–H and O–H groups in total. The van der Waals surface area contributed by atoms with Gasteiger partial charge in [-0.25, -0.2) is 0 Å². The lowest BCUT2D eigenvalue weighted by Crippen LogP contribution is -2.45. The van der Waals surface area contributed by atoms with E-state index in [1.807, 2.05) is 6.92 Å². The van der Waals surface area contributed by atoms with Gasteiger partial charge < -0.3 is 10.4 Å². The summed E-state index contributed by atoms with van der Waals surface area (Å²) in [4.78, 5) is 12.8. The average Bonchev–Trinajstić information content (AvgIpc) is 2.46. The fourth-order valence-corrected chi connectivity index (χ4v) is 2.68. The fraction of sp³-hybridized carbons (Fsp3) is 0.467. The Kier molecular flexibility index (Phi) is 9.16. The van der Waals surface area contributed by atoms with Crippen molar-refractivity contribution in [1.82, 2.24) is 10.2 Å². The van der Waals surface area contributed by atoms with E-state index in [2.05, 4.69) is 16.8 Å². The summed E-state index contributed by atoms with van der Waals surface area (Å²) < 4.78 is 0. The smallest absolute Gasteiger partial charge is 0.311 e. The monoisotopic (exact) mass is 363 g/mol. The van der Waals surface area contributed by atoms with Crippen LogP contribution in [-0.4, -0.2) is 41.1 Å². The van der Waals surface area contributed by atoms with Crippen LogP contribution in [0, 0.1) is 10.1 Å². The van der Waals surface area contributed by atoms with Gasteiger partial charge in [-0.15, -0.1) is 31.4 Å². The average molecular weight is 364 g/mol. The number of phenolic OH excluding ortho intramolecular Hbond substituents is 1. The van der Waals surface area contributed by atoms with Crippen molar-refractivity contribution in [1.29, 1.82) is 0 Å². The first-order valence-corrected chi connectivity index (χ1v) is 7.05. The van der Waals surface area contributed by atoms with Crippen LogP contribution in [0.25, 0.3) is 0 Å². The van der Waals surface area contributed by atoms with E-state index in [0.717, 1.165) is 43.7 Å². The van der Waals surface area contributed by atoms with Crippen molar-refractivity contribution >= 4 is 30.5 Å². The Labute approximate surface area is 148 Å². The highest BCUT2D eigenvalue weighted by Crippen LogP contribution is 2.33. The SMILES string of the molecule is C=C(C)C[C@H](c1ccc(O)c([N+](=O)[O-])c1)N1CCNCC1.Cl.Cl. The molecule has 1 aromatic carbocycles. The lowest BCUT2D eigenvalue weighted by atomic mass is 9.97. The maximum Gasteiger partial charge on any atom is 0.311 e. The molecule has 0 aromatic heterocycles. The molecule has 23 heavy (non-hydrogen) atoms. The van der Waals surface area contributed by atoms with Gasteiger partial charge in [0.2, 0.25) is 0 Å². The highest BCUT2D eigenvalue weighted by molar-refractivity contribution is 5.85. The maximum atomic E-state index is 11.0. The predicted octanol–water partition coefficient (Wildman–Crippen LogP) is 3.06. The highest BCUT2D eigenvalue weighted by Gasteiger charge is 2.25. The minimum absolute atomic E-state index is 0. The number of benzene rings is 1. The Morgan fingerprint density at radius 2 is 2.04 bits per heavy atom. The summed E-state index contributed by atoms with van der Waals surface area (Å²) in [5, 5.41) is 23.9. The molecule has 0 aliphatic carbocycles. The third kappa shape index (κ3) is 5.66. The summed E-state index contributed by atoms with van der Waals surface area (Å²) >= 11 is 0. The molecule has 1 aliphatic heterocycles. The maximum absolute atomic E-state index is 11.0. The number of piperazine rings is 1. The quantitative estimate of drug-likeness (QED) is 0.477. The van der Waals surface area contributed by atoms with E-state index in [0.29, 0.717) is 0 Å². The van der Waals surface area contributed by atoms with Gasteiger partial charge >= 0.3 is 5.69 Å². The predicted molar refractivity (Wildman–Crippen MR) is 95.9 cm³/mol. The zero-order valence-corrected chi connectivity index (χ0v) is 14.7. The summed E-state index contributed by atoms with van der Waals surface area (Å²) in [5.74, 6) is -0.293. The number of halogens is 2. The molecule has 1 fully saturated rings. The Bertz CT molecular complexity index is 549. The molecule has 0 bridgehead atoms. The molecule has 6 nitrogen and oxygen atoms in total. The van der Waals surface area contributed by atoms with Gasteiger partial charge in [0.1, 0.15) is 0 Å². The second-order valence-corrected chi connectivity index (χ2v) is 5.47. The lowest BCUT2D eigenvalue weighted by Gasteiger charge is -2.35. The Morgan fingerprint density at radius 3 is 2.57 bits per heavy atom. The molecular formula is C15H23Cl2N3O3. The van der Waals surface area contributed by atoms with Crippen LogP contribution in [0.3, 0.4) is 0 Å². The number of nitrogens with zero attached hydrogens (tertiary/aromatic N) is 2. The molecule has 130 valence electrons. The molecule has 0 saturated carbocycles. The van der Waals surface area contributed by atoms with Crippen LogP contribution in [0.1, 0.15) is 24.9 Å². The zero-order chi connectivity index (χ0) is 15.4. The number of aromatic hydroxyl groups is 1. The Balaban J connectivity index is 0.00000242. The largest absolute Gasteiger partial charge is 0.502 e. The van der Waals surface area contributed by atoms with Crippen LogP contribution >= 0.6 is 24.8 Å². The van der Waals surface area contributed by atoms with Crippen LogP contribution in [0.2, 0.25) is 0 Å². The first-order chi connectivity index (χ1) is 9.99. The van der Waals surface area contributed by atoms with Gasteiger partial charge in [0.25, 0.3) is 0 Å². The summed E-state index contributed by atoms with van der Waals surface area (Å²) in [6.45, 7) is 9.54. The van der Waals surface area contributed by atoms with E-state index in [9.17, 15) is 15.2 Å². The number of nitrogens with one attached hydrogen (secondary N) is 1. The summed E-state index contributed by atoms with van der Waals surface area (Å²) in [6, 6.07) is 4.70. The van der Waals surface area contributed by atoms with Crippen molar-refractivity contribution in [2.75, 3.05) is 26.2 Å². The molecule has 1 atom stereocenters. The lowest BCUT2D eigenvalue weighted by molar-refractivity contribution is -0.386. The van der Waals surface area contributed by atoms with E-state index in [1.54, 1.807) is 6.07 Å². The van der Waals surface area contributed by atoms with Gasteiger partial charge in [0, 0.05) is 38.3 Å². The summed E-state index contributed by atoms with van der Waals surface area (Å²) in [5.41, 5.74) is 1.65. The van der Waals surface area contributed by atoms with E-state index >= 15 is 0 Å². The van der Waals surface area contributed by atoms with E-state index in [1.165, 1.54) is 12.1 Å². The van der Waals surface area contributed by atoms with Crippen LogP contribution in [0.15, 0.2) is 30.4 Å². The van der Waals surface area contributed by atoms with Crippen molar-refractivity contribution in [3.8, 4) is 5.75 Å². The number of rotatable bonds is 5. The second kappa shape index (κ2) is 9.72. The first-order valence-electron chi connectivity index (χ1n) is 7.05. The van der Waals surface area contributed by atoms with Crippen LogP contribution < -0.4 is 5.32 Å². The second-order valence-electron chi connectivity index (χ2n) is 5.47. The molecule has 0 amide bonds. The number of nitro benzene ring substituents is 1. The molecule has 0 radical (unpaired) electrons. The molecule has 1 aromatic rings. The third-order valence-corrected chi connectivity index (χ3v) is 3.72. The number of hydrogen-bond acceptors (Lipinski definition) is 5. The molecule has 1 saturated heterocycles. The minimum atomic E-state index is -0.547. The Hall–Kier alpha value is -1.34. The van der Waals surface area contributed by atoms with Crippen molar-refractivity contribution in [2.45, 2.75) is 19.4 Å². The van der Waals surface area contributed by atoms with Gasteiger partial charge in [-0.05, 0) is 25.0 Å². The number of phenols is 1.